The Morgan fingerprint density at radius 2 is 1.36 bits per heavy atom. The molecule has 1 aliphatic carbocycles. The summed E-state index contributed by atoms with van der Waals surface area (Å²) in [5, 5.41) is 3.72. The minimum Gasteiger partial charge on any atom is -0.747 e. The molecule has 1 aromatic heterocycles. The van der Waals surface area contributed by atoms with E-state index in [4.69, 9.17) is 0 Å². The van der Waals surface area contributed by atoms with Crippen molar-refractivity contribution >= 4 is 28.2 Å². The fourth-order valence-electron chi connectivity index (χ4n) is 6.30. The van der Waals surface area contributed by atoms with Gasteiger partial charge in [-0.3, -0.25) is 9.48 Å². The van der Waals surface area contributed by atoms with Gasteiger partial charge in [0.05, 0.1) is 11.4 Å². The van der Waals surface area contributed by atoms with Crippen LogP contribution in [0.15, 0.2) is 95.8 Å². The van der Waals surface area contributed by atoms with Crippen LogP contribution < -0.4 is 45.3 Å². The van der Waals surface area contributed by atoms with Gasteiger partial charge in [0.25, 0.3) is 5.56 Å². The first-order valence-electron chi connectivity index (χ1n) is 14.8. The Kier molecular flexibility index (Phi) is 14.6. The first-order chi connectivity index (χ1) is 20.4. The van der Waals surface area contributed by atoms with Crippen LogP contribution in [0.2, 0.25) is 0 Å². The van der Waals surface area contributed by atoms with E-state index in [-0.39, 0.29) is 58.6 Å². The second-order valence-corrected chi connectivity index (χ2v) is 13.1. The third-order valence-corrected chi connectivity index (χ3v) is 9.02. The first-order valence-corrected chi connectivity index (χ1v) is 16.4. The molecule has 1 aliphatic rings. The molecule has 1 fully saturated rings. The summed E-state index contributed by atoms with van der Waals surface area (Å²) in [5.74, 6) is -0.748. The zero-order valence-electron chi connectivity index (χ0n) is 27.1. The number of aromatic nitrogens is 2. The van der Waals surface area contributed by atoms with Gasteiger partial charge in [-0.2, -0.15) is 0 Å². The summed E-state index contributed by atoms with van der Waals surface area (Å²) in [6, 6.07) is 32.4. The van der Waals surface area contributed by atoms with Crippen molar-refractivity contribution in [1.29, 1.82) is 0 Å². The molecule has 238 valence electrons. The Hall–Kier alpha value is -2.37. The van der Waals surface area contributed by atoms with E-state index in [2.05, 4.69) is 79.8 Å². The second-order valence-electron chi connectivity index (χ2n) is 11.7. The monoisotopic (exact) mass is 662 g/mol. The molecule has 0 spiro atoms. The largest absolute Gasteiger partial charge is 1.00 e. The Bertz CT molecular complexity index is 1600. The number of benzene rings is 3. The molecule has 1 N–H and O–H groups in total. The van der Waals surface area contributed by atoms with Crippen molar-refractivity contribution in [2.24, 2.45) is 7.05 Å². The summed E-state index contributed by atoms with van der Waals surface area (Å²) in [7, 11) is -1.34. The third kappa shape index (κ3) is 9.58. The van der Waals surface area contributed by atoms with E-state index < -0.39 is 16.0 Å². The zero-order valence-corrected chi connectivity index (χ0v) is 30.8. The molecule has 0 aliphatic heterocycles. The van der Waals surface area contributed by atoms with Gasteiger partial charge in [0.1, 0.15) is 21.7 Å². The van der Waals surface area contributed by atoms with E-state index in [0.29, 0.717) is 23.5 Å². The van der Waals surface area contributed by atoms with Gasteiger partial charge in [-0.1, -0.05) is 92.7 Å². The molecule has 1 heterocycles. The van der Waals surface area contributed by atoms with Gasteiger partial charge >= 0.3 is 29.6 Å². The van der Waals surface area contributed by atoms with Crippen LogP contribution in [-0.4, -0.2) is 47.3 Å². The molecule has 0 atom stereocenters. The summed E-state index contributed by atoms with van der Waals surface area (Å²) >= 11 is 0. The molecule has 11 heteroatoms. The molecule has 0 amide bonds. The first kappa shape index (κ1) is 38.8. The molecular weight excluding hydrogens is 619 g/mol. The van der Waals surface area contributed by atoms with Crippen molar-refractivity contribution in [2.75, 3.05) is 17.8 Å². The van der Waals surface area contributed by atoms with Gasteiger partial charge in [0.2, 0.25) is 0 Å². The molecule has 0 unspecified atom stereocenters. The minimum atomic E-state index is -4.45. The molecule has 4 aromatic rings. The summed E-state index contributed by atoms with van der Waals surface area (Å²) in [6.07, 6.45) is 4.96. The third-order valence-electron chi connectivity index (χ3n) is 8.32. The second kappa shape index (κ2) is 17.0. The number of para-hydroxylation sites is 1. The van der Waals surface area contributed by atoms with Gasteiger partial charge < -0.3 is 14.8 Å². The van der Waals surface area contributed by atoms with Gasteiger partial charge in [-0.05, 0) is 55.9 Å². The van der Waals surface area contributed by atoms with Crippen LogP contribution in [0.25, 0.3) is 5.69 Å². The Morgan fingerprint density at radius 1 is 0.911 bits per heavy atom. The van der Waals surface area contributed by atoms with Gasteiger partial charge in [-0.15, -0.1) is 12.4 Å². The molecule has 0 radical (unpaired) electrons. The Morgan fingerprint density at radius 3 is 1.78 bits per heavy atom. The predicted molar refractivity (Wildman–Crippen MR) is 180 cm³/mol. The van der Waals surface area contributed by atoms with E-state index in [1.54, 1.807) is 42.9 Å². The molecule has 5 rings (SSSR count). The van der Waals surface area contributed by atoms with Crippen molar-refractivity contribution < 1.29 is 42.5 Å². The molecule has 0 bridgehead atoms. The van der Waals surface area contributed by atoms with E-state index >= 15 is 0 Å². The van der Waals surface area contributed by atoms with E-state index in [9.17, 15) is 17.8 Å². The molecule has 8 nitrogen and oxygen atoms in total. The molecule has 45 heavy (non-hydrogen) atoms. The predicted octanol–water partition coefficient (Wildman–Crippen LogP) is 2.76. The van der Waals surface area contributed by atoms with E-state index in [1.807, 2.05) is 6.07 Å². The summed E-state index contributed by atoms with van der Waals surface area (Å²) in [5.41, 5.74) is 4.21. The van der Waals surface area contributed by atoms with Crippen LogP contribution in [0, 0.1) is 6.92 Å². The number of anilines is 1. The van der Waals surface area contributed by atoms with Crippen molar-refractivity contribution in [3.05, 3.63) is 118 Å². The van der Waals surface area contributed by atoms with Gasteiger partial charge in [0.15, 0.2) is 0 Å². The number of nitrogens with one attached hydrogen (secondary N) is 1. The Balaban J connectivity index is 0.000000301. The molecule has 1 saturated carbocycles. The van der Waals surface area contributed by atoms with Crippen LogP contribution in [0.3, 0.4) is 0 Å². The van der Waals surface area contributed by atoms with Crippen molar-refractivity contribution in [1.82, 2.24) is 14.7 Å². The SMILES string of the molecule is CC(C)NC1CCC(c2ccccc2)(c2ccccc2)CC1.Cc1c(N(C)CS(=O)(=O)[O-])c(=O)n(-c2ccccc2)n1C.Cl.[Na+]. The Labute approximate surface area is 296 Å². The van der Waals surface area contributed by atoms with E-state index in [1.165, 1.54) is 53.4 Å². The fourth-order valence-corrected chi connectivity index (χ4v) is 6.91. The molecule has 0 saturated heterocycles. The summed E-state index contributed by atoms with van der Waals surface area (Å²) in [6.45, 7) is 6.19. The van der Waals surface area contributed by atoms with Crippen LogP contribution in [0.1, 0.15) is 56.4 Å². The van der Waals surface area contributed by atoms with Crippen LogP contribution in [-0.2, 0) is 22.6 Å². The maximum Gasteiger partial charge on any atom is 1.00 e. The molecule has 3 aromatic carbocycles. The van der Waals surface area contributed by atoms with E-state index in [0.717, 1.165) is 0 Å². The summed E-state index contributed by atoms with van der Waals surface area (Å²) in [4.78, 5) is 13.7. The number of hydrogen-bond donors (Lipinski definition) is 1. The zero-order chi connectivity index (χ0) is 31.2. The van der Waals surface area contributed by atoms with Crippen molar-refractivity contribution in [2.45, 2.75) is 64.0 Å². The number of rotatable bonds is 8. The number of halogens is 1. The quantitative estimate of drug-likeness (QED) is 0.230. The van der Waals surface area contributed by atoms with Crippen LogP contribution >= 0.6 is 12.4 Å². The maximum atomic E-state index is 12.5. The van der Waals surface area contributed by atoms with Crippen LogP contribution in [0.4, 0.5) is 5.69 Å². The topological polar surface area (TPSA) is 99.4 Å². The van der Waals surface area contributed by atoms with Crippen molar-refractivity contribution in [3.8, 4) is 5.69 Å². The average Bonchev–Trinajstić information content (AvgIpc) is 3.21. The number of nitrogens with zero attached hydrogens (tertiary/aromatic N) is 3. The smallest absolute Gasteiger partial charge is 0.747 e. The maximum absolute atomic E-state index is 12.5. The average molecular weight is 663 g/mol. The van der Waals surface area contributed by atoms with Gasteiger partial charge in [-0.25, -0.2) is 13.1 Å². The van der Waals surface area contributed by atoms with Crippen LogP contribution in [0.5, 0.6) is 0 Å². The summed E-state index contributed by atoms with van der Waals surface area (Å²) < 4.78 is 35.7. The molecular formula is C34H44ClN4NaO4S. The van der Waals surface area contributed by atoms with Gasteiger partial charge in [0, 0.05) is 31.6 Å². The minimum absolute atomic E-state index is 0. The fraction of sp³-hybridized carbons (Fsp3) is 0.382. The van der Waals surface area contributed by atoms with Crippen molar-refractivity contribution in [3.63, 3.8) is 0 Å². The normalized spacial score (nSPS) is 14.5. The standard InChI is InChI=1S/C21H27N.C13H17N3O4S.ClH.Na/c1-17(2)22-20-13-15-21(16-14-20,18-9-5-3-6-10-18)19-11-7-4-8-12-19;1-10-12(14(2)9-21(18,19)20)13(17)16(15(10)3)11-7-5-4-6-8-11;;/h3-12,17,20,22H,13-16H2,1-2H3;4-8H,9H2,1-3H3,(H,18,19,20);1H;/q;;;+1/p-1. The number of hydrogen-bond acceptors (Lipinski definition) is 6.